The average Bonchev–Trinajstić information content (AvgIpc) is 3.27. The zero-order valence-corrected chi connectivity index (χ0v) is 20.6. The van der Waals surface area contributed by atoms with Crippen molar-refractivity contribution >= 4 is 34.4 Å². The zero-order chi connectivity index (χ0) is 24.7. The Hall–Kier alpha value is -3.07. The Bertz CT molecular complexity index is 1290. The molecule has 9 heteroatoms. The van der Waals surface area contributed by atoms with E-state index in [2.05, 4.69) is 10.3 Å². The molecule has 0 spiro atoms. The first-order valence-electron chi connectivity index (χ1n) is 11.8. The first-order chi connectivity index (χ1) is 16.8. The number of H-pyrrole nitrogens is 1. The lowest BCUT2D eigenvalue weighted by atomic mass is 9.81. The predicted octanol–water partition coefficient (Wildman–Crippen LogP) is 3.82. The third kappa shape index (κ3) is 3.95. The molecule has 35 heavy (non-hydrogen) atoms. The second-order valence-electron chi connectivity index (χ2n) is 9.36. The van der Waals surface area contributed by atoms with Crippen LogP contribution in [0.5, 0.6) is 5.75 Å². The number of urea groups is 1. The number of hydrogen-bond donors (Lipinski definition) is 3. The number of methoxy groups -OCH3 is 1. The van der Waals surface area contributed by atoms with E-state index in [1.807, 2.05) is 31.2 Å². The van der Waals surface area contributed by atoms with Gasteiger partial charge in [-0.1, -0.05) is 23.7 Å². The number of rotatable bonds is 8. The van der Waals surface area contributed by atoms with Crippen molar-refractivity contribution in [2.45, 2.75) is 31.3 Å². The third-order valence-electron chi connectivity index (χ3n) is 7.03. The van der Waals surface area contributed by atoms with Crippen LogP contribution in [0.2, 0.25) is 5.02 Å². The molecule has 3 heterocycles. The van der Waals surface area contributed by atoms with Gasteiger partial charge in [-0.3, -0.25) is 14.6 Å². The van der Waals surface area contributed by atoms with Crippen LogP contribution in [0.25, 0.3) is 10.9 Å². The third-order valence-corrected chi connectivity index (χ3v) is 7.27. The molecule has 2 aliphatic rings. The number of hydrogen-bond acceptors (Lipinski definition) is 5. The number of halogens is 1. The van der Waals surface area contributed by atoms with Crippen LogP contribution in [0, 0.1) is 0 Å². The first kappa shape index (κ1) is 23.7. The van der Waals surface area contributed by atoms with E-state index in [-0.39, 0.29) is 17.7 Å². The van der Waals surface area contributed by atoms with Crippen LogP contribution >= 0.6 is 11.6 Å². The maximum absolute atomic E-state index is 13.8. The maximum Gasteiger partial charge on any atom is 0.328 e. The molecule has 3 aromatic rings. The van der Waals surface area contributed by atoms with Gasteiger partial charge in [0.25, 0.3) is 5.91 Å². The minimum atomic E-state index is -1.05. The normalized spacial score (nSPS) is 21.6. The smallest absolute Gasteiger partial charge is 0.328 e. The van der Waals surface area contributed by atoms with E-state index in [4.69, 9.17) is 16.3 Å². The second kappa shape index (κ2) is 9.18. The molecule has 2 aromatic carbocycles. The maximum atomic E-state index is 13.8. The number of nitrogens with zero attached hydrogens (tertiary/aromatic N) is 2. The monoisotopic (exact) mass is 496 g/mol. The summed E-state index contributed by atoms with van der Waals surface area (Å²) in [5.74, 6) is -0.0981. The number of imide groups is 1. The Balaban J connectivity index is 1.54. The van der Waals surface area contributed by atoms with E-state index >= 15 is 0 Å². The fourth-order valence-electron chi connectivity index (χ4n) is 5.39. The molecule has 0 aliphatic carbocycles. The number of amides is 3. The Morgan fingerprint density at radius 2 is 2.06 bits per heavy atom. The van der Waals surface area contributed by atoms with Crippen LogP contribution < -0.4 is 5.32 Å². The van der Waals surface area contributed by atoms with Gasteiger partial charge in [-0.2, -0.15) is 0 Å². The van der Waals surface area contributed by atoms with E-state index in [9.17, 15) is 14.7 Å². The second-order valence-corrected chi connectivity index (χ2v) is 9.80. The lowest BCUT2D eigenvalue weighted by Gasteiger charge is -2.42. The van der Waals surface area contributed by atoms with Gasteiger partial charge >= 0.3 is 6.03 Å². The number of carbonyl (C=O) groups is 2. The molecule has 5 rings (SSSR count). The fourth-order valence-corrected chi connectivity index (χ4v) is 5.56. The van der Waals surface area contributed by atoms with Gasteiger partial charge in [0.05, 0.1) is 6.61 Å². The Kier molecular flexibility index (Phi) is 6.21. The highest BCUT2D eigenvalue weighted by Gasteiger charge is 2.60. The molecule has 1 saturated heterocycles. The number of carbonyl (C=O) groups excluding carboxylic acids is 2. The minimum absolute atomic E-state index is 0.104. The van der Waals surface area contributed by atoms with Crippen LogP contribution in [-0.4, -0.2) is 70.7 Å². The van der Waals surface area contributed by atoms with E-state index in [1.54, 1.807) is 30.2 Å². The molecule has 2 aliphatic heterocycles. The minimum Gasteiger partial charge on any atom is -0.508 e. The molecule has 184 valence electrons. The summed E-state index contributed by atoms with van der Waals surface area (Å²) in [7, 11) is 1.65. The SMILES string of the molecule is COCCNCCCN1C(=O)N2[C@H](c3cccc(O)c3)c3[nH]c4ccc(Cl)cc4c3C[C@@]2(C)C1=O. The first-order valence-corrected chi connectivity index (χ1v) is 12.2. The van der Waals surface area contributed by atoms with E-state index in [1.165, 1.54) is 4.90 Å². The van der Waals surface area contributed by atoms with Crippen molar-refractivity contribution in [1.82, 2.24) is 20.1 Å². The summed E-state index contributed by atoms with van der Waals surface area (Å²) >= 11 is 6.32. The zero-order valence-electron chi connectivity index (χ0n) is 19.8. The largest absolute Gasteiger partial charge is 0.508 e. The van der Waals surface area contributed by atoms with Gasteiger partial charge < -0.3 is 20.1 Å². The summed E-state index contributed by atoms with van der Waals surface area (Å²) in [6.45, 7) is 4.17. The molecule has 8 nitrogen and oxygen atoms in total. The van der Waals surface area contributed by atoms with Crippen molar-refractivity contribution in [2.75, 3.05) is 33.4 Å². The van der Waals surface area contributed by atoms with Crippen LogP contribution in [0.3, 0.4) is 0 Å². The number of phenolic OH excluding ortho intramolecular Hbond substituents is 1. The van der Waals surface area contributed by atoms with Gasteiger partial charge in [-0.15, -0.1) is 0 Å². The summed E-state index contributed by atoms with van der Waals surface area (Å²) in [6.07, 6.45) is 1.02. The van der Waals surface area contributed by atoms with Crippen molar-refractivity contribution in [2.24, 2.45) is 0 Å². The molecule has 1 aromatic heterocycles. The van der Waals surface area contributed by atoms with Crippen molar-refractivity contribution in [3.63, 3.8) is 0 Å². The van der Waals surface area contributed by atoms with Crippen LogP contribution in [0.4, 0.5) is 4.79 Å². The van der Waals surface area contributed by atoms with E-state index in [0.717, 1.165) is 27.7 Å². The summed E-state index contributed by atoms with van der Waals surface area (Å²) in [5, 5.41) is 15.0. The highest BCUT2D eigenvalue weighted by atomic mass is 35.5. The molecular formula is C26H29ClN4O4. The summed E-state index contributed by atoms with van der Waals surface area (Å²) in [4.78, 5) is 34.0. The molecule has 0 radical (unpaired) electrons. The number of benzene rings is 2. The number of aromatic hydroxyl groups is 1. The molecule has 0 bridgehead atoms. The molecule has 1 fully saturated rings. The number of aromatic nitrogens is 1. The topological polar surface area (TPSA) is 97.9 Å². The molecule has 0 unspecified atom stereocenters. The number of aromatic amines is 1. The lowest BCUT2D eigenvalue weighted by molar-refractivity contribution is -0.133. The average molecular weight is 497 g/mol. The van der Waals surface area contributed by atoms with Crippen LogP contribution in [-0.2, 0) is 16.0 Å². The van der Waals surface area contributed by atoms with Crippen LogP contribution in [0.1, 0.15) is 36.2 Å². The van der Waals surface area contributed by atoms with Crippen molar-refractivity contribution in [3.05, 3.63) is 64.3 Å². The number of ether oxygens (including phenoxy) is 1. The lowest BCUT2D eigenvalue weighted by Crippen LogP contribution is -2.53. The van der Waals surface area contributed by atoms with Gasteiger partial charge in [0.15, 0.2) is 0 Å². The predicted molar refractivity (Wildman–Crippen MR) is 134 cm³/mol. The van der Waals surface area contributed by atoms with Gasteiger partial charge in [-0.25, -0.2) is 4.79 Å². The van der Waals surface area contributed by atoms with E-state index < -0.39 is 11.6 Å². The number of fused-ring (bicyclic) bond motifs is 4. The standard InChI is InChI=1S/C26H29ClN4O4/c1-26-15-20-19-14-17(27)7-8-21(19)29-22(20)23(16-5-3-6-18(32)13-16)31(26)25(34)30(24(26)33)11-4-9-28-10-12-35-2/h3,5-8,13-14,23,28-29,32H,4,9-12,15H2,1-2H3/t23-,26+/m1/s1. The Labute approximate surface area is 208 Å². The van der Waals surface area contributed by atoms with Gasteiger partial charge in [0.2, 0.25) is 0 Å². The Morgan fingerprint density at radius 1 is 1.23 bits per heavy atom. The summed E-state index contributed by atoms with van der Waals surface area (Å²) in [5.41, 5.74) is 2.39. The number of nitrogens with one attached hydrogen (secondary N) is 2. The highest BCUT2D eigenvalue weighted by molar-refractivity contribution is 6.31. The van der Waals surface area contributed by atoms with Gasteiger partial charge in [-0.05, 0) is 61.3 Å². The van der Waals surface area contributed by atoms with Gasteiger partial charge in [0, 0.05) is 48.2 Å². The fraction of sp³-hybridized carbons (Fsp3) is 0.385. The molecule has 2 atom stereocenters. The van der Waals surface area contributed by atoms with E-state index in [0.29, 0.717) is 44.1 Å². The van der Waals surface area contributed by atoms with Crippen LogP contribution in [0.15, 0.2) is 42.5 Å². The summed E-state index contributed by atoms with van der Waals surface area (Å²) in [6, 6.07) is 11.6. The summed E-state index contributed by atoms with van der Waals surface area (Å²) < 4.78 is 5.04. The highest BCUT2D eigenvalue weighted by Crippen LogP contribution is 2.49. The quantitative estimate of drug-likeness (QED) is 0.325. The molecular weight excluding hydrogens is 468 g/mol. The van der Waals surface area contributed by atoms with Crippen molar-refractivity contribution in [1.29, 1.82) is 0 Å². The van der Waals surface area contributed by atoms with Crippen molar-refractivity contribution < 1.29 is 19.4 Å². The Morgan fingerprint density at radius 3 is 2.83 bits per heavy atom. The molecule has 0 saturated carbocycles. The number of phenols is 1. The molecule has 3 N–H and O–H groups in total. The van der Waals surface area contributed by atoms with Gasteiger partial charge in [0.1, 0.15) is 17.3 Å². The van der Waals surface area contributed by atoms with Crippen molar-refractivity contribution in [3.8, 4) is 5.75 Å². The molecule has 3 amide bonds.